The molecule has 1 aliphatic heterocycles. The van der Waals surface area contributed by atoms with Gasteiger partial charge in [0.25, 0.3) is 5.56 Å². The Morgan fingerprint density at radius 1 is 1.29 bits per heavy atom. The summed E-state index contributed by atoms with van der Waals surface area (Å²) in [7, 11) is 0. The third-order valence-corrected chi connectivity index (χ3v) is 3.35. The van der Waals surface area contributed by atoms with E-state index in [1.165, 1.54) is 18.2 Å². The summed E-state index contributed by atoms with van der Waals surface area (Å²) in [5.41, 5.74) is 1.18. The van der Waals surface area contributed by atoms with E-state index in [2.05, 4.69) is 0 Å². The van der Waals surface area contributed by atoms with Gasteiger partial charge in [-0.15, -0.1) is 0 Å². The van der Waals surface area contributed by atoms with E-state index in [0.717, 1.165) is 11.8 Å². The summed E-state index contributed by atoms with van der Waals surface area (Å²) in [6.07, 6.45) is 1.47. The molecule has 1 aromatic heterocycles. The molecule has 0 N–H and O–H groups in total. The molecule has 2 heterocycles. The van der Waals surface area contributed by atoms with E-state index in [-0.39, 0.29) is 17.3 Å². The molecule has 0 saturated heterocycles. The molecule has 0 radical (unpaired) electrons. The van der Waals surface area contributed by atoms with Crippen molar-refractivity contribution in [2.24, 2.45) is 0 Å². The Morgan fingerprint density at radius 3 is 2.88 bits per heavy atom. The van der Waals surface area contributed by atoms with Crippen molar-refractivity contribution >= 4 is 17.2 Å². The predicted octanol–water partition coefficient (Wildman–Crippen LogP) is 1.83. The van der Waals surface area contributed by atoms with Crippen LogP contribution in [0.5, 0.6) is 0 Å². The van der Waals surface area contributed by atoms with Gasteiger partial charge in [-0.25, -0.2) is 4.39 Å². The minimum Gasteiger partial charge on any atom is -0.308 e. The number of aryl methyl sites for hydroxylation is 1. The monoisotopic (exact) mass is 231 g/mol. The fraction of sp³-hybridized carbons (Fsp3) is 0.231. The first-order valence-corrected chi connectivity index (χ1v) is 5.49. The van der Waals surface area contributed by atoms with Gasteiger partial charge in [0.05, 0.1) is 5.52 Å². The van der Waals surface area contributed by atoms with Crippen LogP contribution >= 0.6 is 0 Å². The van der Waals surface area contributed by atoms with Crippen LogP contribution in [0.3, 0.4) is 0 Å². The number of halogens is 1. The molecule has 86 valence electrons. The largest absolute Gasteiger partial charge is 0.308 e. The topological polar surface area (TPSA) is 39.1 Å². The van der Waals surface area contributed by atoms with Crippen molar-refractivity contribution in [3.05, 3.63) is 46.0 Å². The van der Waals surface area contributed by atoms with Crippen molar-refractivity contribution in [2.45, 2.75) is 18.9 Å². The van der Waals surface area contributed by atoms with Gasteiger partial charge >= 0.3 is 0 Å². The molecule has 3 rings (SSSR count). The number of pyridine rings is 1. The fourth-order valence-corrected chi connectivity index (χ4v) is 2.50. The van der Waals surface area contributed by atoms with Crippen LogP contribution in [0.15, 0.2) is 29.1 Å². The number of carbonyl (C=O) groups is 1. The van der Waals surface area contributed by atoms with E-state index in [1.54, 1.807) is 10.6 Å². The molecular formula is C13H10FNO2. The van der Waals surface area contributed by atoms with Gasteiger partial charge in [0, 0.05) is 23.9 Å². The van der Waals surface area contributed by atoms with Crippen LogP contribution in [0.4, 0.5) is 4.39 Å². The SMILES string of the molecule is O=CC1CCn2c(=O)ccc3c(F)ccc1c32. The zero-order valence-corrected chi connectivity index (χ0v) is 9.02. The van der Waals surface area contributed by atoms with Gasteiger partial charge in [-0.2, -0.15) is 0 Å². The van der Waals surface area contributed by atoms with E-state index in [9.17, 15) is 14.0 Å². The van der Waals surface area contributed by atoms with E-state index in [4.69, 9.17) is 0 Å². The normalized spacial score (nSPS) is 18.3. The Hall–Kier alpha value is -1.97. The highest BCUT2D eigenvalue weighted by atomic mass is 19.1. The van der Waals surface area contributed by atoms with Gasteiger partial charge in [0.1, 0.15) is 12.1 Å². The number of aldehydes is 1. The average molecular weight is 231 g/mol. The summed E-state index contributed by atoms with van der Waals surface area (Å²) in [4.78, 5) is 22.7. The van der Waals surface area contributed by atoms with Gasteiger partial charge in [-0.05, 0) is 24.1 Å². The minimum absolute atomic E-state index is 0.145. The highest BCUT2D eigenvalue weighted by Crippen LogP contribution is 2.31. The second kappa shape index (κ2) is 3.52. The first-order chi connectivity index (χ1) is 8.22. The van der Waals surface area contributed by atoms with Crippen molar-refractivity contribution < 1.29 is 9.18 Å². The van der Waals surface area contributed by atoms with Crippen LogP contribution in [-0.4, -0.2) is 10.9 Å². The van der Waals surface area contributed by atoms with Gasteiger partial charge in [-0.3, -0.25) is 4.79 Å². The standard InChI is InChI=1S/C13H10FNO2/c14-11-3-1-9-8(7-16)5-6-15-12(17)4-2-10(11)13(9)15/h1-4,7-8H,5-6H2. The number of nitrogens with zero attached hydrogens (tertiary/aromatic N) is 1. The Bertz CT molecular complexity index is 675. The van der Waals surface area contributed by atoms with Crippen LogP contribution in [0.25, 0.3) is 10.9 Å². The molecule has 4 heteroatoms. The van der Waals surface area contributed by atoms with Crippen LogP contribution in [0.2, 0.25) is 0 Å². The predicted molar refractivity (Wildman–Crippen MR) is 61.6 cm³/mol. The Morgan fingerprint density at radius 2 is 2.12 bits per heavy atom. The molecule has 2 aromatic rings. The molecule has 1 aromatic carbocycles. The van der Waals surface area contributed by atoms with E-state index in [0.29, 0.717) is 23.9 Å². The molecule has 0 bridgehead atoms. The van der Waals surface area contributed by atoms with Gasteiger partial charge in [0.15, 0.2) is 0 Å². The van der Waals surface area contributed by atoms with Crippen molar-refractivity contribution in [3.8, 4) is 0 Å². The lowest BCUT2D eigenvalue weighted by Crippen LogP contribution is -2.26. The molecule has 17 heavy (non-hydrogen) atoms. The highest BCUT2D eigenvalue weighted by molar-refractivity contribution is 5.86. The molecule has 1 atom stereocenters. The van der Waals surface area contributed by atoms with Crippen molar-refractivity contribution in [1.82, 2.24) is 4.57 Å². The summed E-state index contributed by atoms with van der Waals surface area (Å²) in [6, 6.07) is 5.82. The third kappa shape index (κ3) is 1.33. The second-order valence-corrected chi connectivity index (χ2v) is 4.25. The lowest BCUT2D eigenvalue weighted by molar-refractivity contribution is -0.109. The Kier molecular flexibility index (Phi) is 2.11. The van der Waals surface area contributed by atoms with Gasteiger partial charge in [-0.1, -0.05) is 6.07 Å². The summed E-state index contributed by atoms with van der Waals surface area (Å²) in [5, 5.41) is 0.411. The van der Waals surface area contributed by atoms with Crippen molar-refractivity contribution in [2.75, 3.05) is 0 Å². The first kappa shape index (κ1) is 10.2. The molecule has 3 nitrogen and oxygen atoms in total. The third-order valence-electron chi connectivity index (χ3n) is 3.35. The number of benzene rings is 1. The maximum Gasteiger partial charge on any atom is 0.251 e. The van der Waals surface area contributed by atoms with Crippen LogP contribution in [0, 0.1) is 5.82 Å². The molecule has 1 aliphatic rings. The molecule has 0 fully saturated rings. The zero-order valence-electron chi connectivity index (χ0n) is 9.02. The maximum absolute atomic E-state index is 13.7. The first-order valence-electron chi connectivity index (χ1n) is 5.49. The number of hydrogen-bond donors (Lipinski definition) is 0. The van der Waals surface area contributed by atoms with E-state index in [1.807, 2.05) is 0 Å². The zero-order chi connectivity index (χ0) is 12.0. The van der Waals surface area contributed by atoms with Crippen molar-refractivity contribution in [3.63, 3.8) is 0 Å². The number of rotatable bonds is 1. The summed E-state index contributed by atoms with van der Waals surface area (Å²) in [5.74, 6) is -0.594. The Balaban J connectivity index is 2.51. The van der Waals surface area contributed by atoms with Gasteiger partial charge < -0.3 is 9.36 Å². The summed E-state index contributed by atoms with van der Waals surface area (Å²) in [6.45, 7) is 0.468. The van der Waals surface area contributed by atoms with Crippen LogP contribution < -0.4 is 5.56 Å². The molecule has 0 spiro atoms. The smallest absolute Gasteiger partial charge is 0.251 e. The van der Waals surface area contributed by atoms with E-state index < -0.39 is 0 Å². The highest BCUT2D eigenvalue weighted by Gasteiger charge is 2.22. The number of aromatic nitrogens is 1. The quantitative estimate of drug-likeness (QED) is 0.702. The average Bonchev–Trinajstić information content (AvgIpc) is 2.35. The van der Waals surface area contributed by atoms with Crippen molar-refractivity contribution in [1.29, 1.82) is 0 Å². The maximum atomic E-state index is 13.7. The second-order valence-electron chi connectivity index (χ2n) is 4.25. The van der Waals surface area contributed by atoms with Crippen LogP contribution in [0.1, 0.15) is 17.9 Å². The van der Waals surface area contributed by atoms with Crippen LogP contribution in [-0.2, 0) is 11.3 Å². The lowest BCUT2D eigenvalue weighted by Gasteiger charge is -2.23. The molecular weight excluding hydrogens is 221 g/mol. The fourth-order valence-electron chi connectivity index (χ4n) is 2.50. The molecule has 1 unspecified atom stereocenters. The molecule has 0 amide bonds. The summed E-state index contributed by atoms with van der Waals surface area (Å²) >= 11 is 0. The van der Waals surface area contributed by atoms with E-state index >= 15 is 0 Å². The summed E-state index contributed by atoms with van der Waals surface area (Å²) < 4.78 is 15.2. The number of hydrogen-bond acceptors (Lipinski definition) is 2. The Labute approximate surface area is 96.5 Å². The number of carbonyl (C=O) groups excluding carboxylic acids is 1. The molecule has 0 aliphatic carbocycles. The molecule has 0 saturated carbocycles. The lowest BCUT2D eigenvalue weighted by atomic mass is 9.91. The minimum atomic E-state index is -0.357. The van der Waals surface area contributed by atoms with Gasteiger partial charge in [0.2, 0.25) is 0 Å².